The number of methoxy groups -OCH3 is 2. The smallest absolute Gasteiger partial charge is 0.407 e. The zero-order chi connectivity index (χ0) is 34.1. The second kappa shape index (κ2) is 20.8. The van der Waals surface area contributed by atoms with Crippen molar-refractivity contribution in [1.29, 1.82) is 0 Å². The summed E-state index contributed by atoms with van der Waals surface area (Å²) >= 11 is 0. The molecule has 4 bridgehead atoms. The number of hydrogen-bond acceptors (Lipinski definition) is 10. The lowest BCUT2D eigenvalue weighted by Gasteiger charge is -2.39. The van der Waals surface area contributed by atoms with Crippen LogP contribution in [0.3, 0.4) is 0 Å². The fourth-order valence-corrected chi connectivity index (χ4v) is 7.11. The molecule has 4 aliphatic heterocycles. The van der Waals surface area contributed by atoms with E-state index < -0.39 is 12.4 Å². The summed E-state index contributed by atoms with van der Waals surface area (Å²) in [5.41, 5.74) is 1.90. The van der Waals surface area contributed by atoms with Crippen LogP contribution in [-0.4, -0.2) is 92.7 Å². The van der Waals surface area contributed by atoms with Gasteiger partial charge < -0.3 is 38.8 Å². The number of ether oxygens (including phenoxy) is 6. The number of aliphatic imine (C=N–C) groups is 1. The molecule has 3 unspecified atom stereocenters. The molecule has 4 aliphatic rings. The molecule has 48 heavy (non-hydrogen) atoms. The molecular formula is C37H58N2O9. The van der Waals surface area contributed by atoms with Gasteiger partial charge in [0.15, 0.2) is 6.29 Å². The van der Waals surface area contributed by atoms with E-state index in [0.717, 1.165) is 75.6 Å². The van der Waals surface area contributed by atoms with Crippen LogP contribution in [0.15, 0.2) is 41.1 Å². The number of nitrogens with zero attached hydrogens (tertiary/aromatic N) is 1. The number of rotatable bonds is 13. The van der Waals surface area contributed by atoms with Crippen LogP contribution in [0, 0.1) is 0 Å². The molecule has 2 N–H and O–H groups in total. The molecule has 0 aromatic rings. The lowest BCUT2D eigenvalue weighted by Crippen LogP contribution is -2.43. The topological polar surface area (TPSA) is 134 Å². The van der Waals surface area contributed by atoms with Gasteiger partial charge in [0.05, 0.1) is 43.7 Å². The van der Waals surface area contributed by atoms with Gasteiger partial charge in [-0.05, 0) is 63.9 Å². The van der Waals surface area contributed by atoms with E-state index in [1.54, 1.807) is 7.11 Å². The Morgan fingerprint density at radius 2 is 1.69 bits per heavy atom. The minimum atomic E-state index is -0.961. The van der Waals surface area contributed by atoms with Crippen molar-refractivity contribution in [2.75, 3.05) is 20.8 Å². The molecule has 3 saturated heterocycles. The first-order chi connectivity index (χ1) is 23.3. The van der Waals surface area contributed by atoms with E-state index >= 15 is 0 Å². The van der Waals surface area contributed by atoms with Crippen LogP contribution in [0.4, 0.5) is 4.79 Å². The Bertz CT molecular complexity index is 1120. The van der Waals surface area contributed by atoms with Crippen molar-refractivity contribution < 1.29 is 43.1 Å². The summed E-state index contributed by atoms with van der Waals surface area (Å²) in [5, 5.41) is 13.7. The van der Waals surface area contributed by atoms with Crippen LogP contribution in [0.25, 0.3) is 0 Å². The predicted octanol–water partition coefficient (Wildman–Crippen LogP) is 6.23. The van der Waals surface area contributed by atoms with Crippen LogP contribution in [0.2, 0.25) is 0 Å². The van der Waals surface area contributed by atoms with Crippen molar-refractivity contribution in [2.24, 2.45) is 4.99 Å². The molecule has 270 valence electrons. The summed E-state index contributed by atoms with van der Waals surface area (Å²) in [6, 6.07) is 0. The second-order valence-electron chi connectivity index (χ2n) is 13.4. The number of fused-ring (bicyclic) bond motifs is 4. The average Bonchev–Trinajstić information content (AvgIpc) is 3.52. The minimum Gasteiger partial charge on any atom is -0.459 e. The van der Waals surface area contributed by atoms with Crippen LogP contribution < -0.4 is 5.32 Å². The van der Waals surface area contributed by atoms with E-state index in [1.165, 1.54) is 13.2 Å². The Morgan fingerprint density at radius 3 is 2.46 bits per heavy atom. The van der Waals surface area contributed by atoms with Crippen molar-refractivity contribution >= 4 is 17.8 Å². The first kappa shape index (κ1) is 38.2. The van der Waals surface area contributed by atoms with E-state index in [2.05, 4.69) is 28.0 Å². The molecular weight excluding hydrogens is 616 g/mol. The van der Waals surface area contributed by atoms with E-state index in [1.807, 2.05) is 18.2 Å². The number of nitrogens with one attached hydrogen (secondary N) is 1. The fourth-order valence-electron chi connectivity index (χ4n) is 7.11. The minimum absolute atomic E-state index is 0.0294. The van der Waals surface area contributed by atoms with Crippen LogP contribution in [-0.2, 0) is 33.2 Å². The lowest BCUT2D eigenvalue weighted by molar-refractivity contribution is -0.197. The molecule has 11 nitrogen and oxygen atoms in total. The zero-order valence-corrected chi connectivity index (χ0v) is 29.2. The monoisotopic (exact) mass is 674 g/mol. The van der Waals surface area contributed by atoms with Crippen molar-refractivity contribution in [3.05, 3.63) is 36.1 Å². The Labute approximate surface area is 286 Å². The highest BCUT2D eigenvalue weighted by Crippen LogP contribution is 2.33. The van der Waals surface area contributed by atoms with Gasteiger partial charge in [0, 0.05) is 56.8 Å². The summed E-state index contributed by atoms with van der Waals surface area (Å²) < 4.78 is 35.7. The number of alkyl carbamates (subject to hydrolysis) is 1. The molecule has 1 amide bonds. The molecule has 8 atom stereocenters. The molecule has 0 aromatic heterocycles. The third-order valence-corrected chi connectivity index (χ3v) is 9.53. The van der Waals surface area contributed by atoms with Gasteiger partial charge in [0.2, 0.25) is 0 Å². The highest BCUT2D eigenvalue weighted by molar-refractivity contribution is 5.98. The number of aliphatic hydroxyl groups excluding tert-OH is 1. The second-order valence-corrected chi connectivity index (χ2v) is 13.4. The maximum Gasteiger partial charge on any atom is 0.407 e. The maximum absolute atomic E-state index is 12.9. The molecule has 3 fully saturated rings. The molecule has 0 spiro atoms. The van der Waals surface area contributed by atoms with Crippen molar-refractivity contribution in [2.45, 2.75) is 159 Å². The van der Waals surface area contributed by atoms with E-state index in [4.69, 9.17) is 23.7 Å². The van der Waals surface area contributed by atoms with Gasteiger partial charge in [-0.1, -0.05) is 44.4 Å². The molecule has 0 aromatic carbocycles. The van der Waals surface area contributed by atoms with E-state index in [0.29, 0.717) is 45.1 Å². The number of hydrogen-bond donors (Lipinski definition) is 2. The third kappa shape index (κ3) is 13.7. The summed E-state index contributed by atoms with van der Waals surface area (Å²) in [6.45, 7) is 2.56. The van der Waals surface area contributed by atoms with Crippen LogP contribution in [0.5, 0.6) is 0 Å². The average molecular weight is 675 g/mol. The molecule has 4 heterocycles. The number of amides is 1. The zero-order valence-electron chi connectivity index (χ0n) is 29.2. The molecule has 0 radical (unpaired) electrons. The summed E-state index contributed by atoms with van der Waals surface area (Å²) in [5.74, 6) is -0.378. The summed E-state index contributed by atoms with van der Waals surface area (Å²) in [4.78, 5) is 28.6. The quantitative estimate of drug-likeness (QED) is 0.132. The summed E-state index contributed by atoms with van der Waals surface area (Å²) in [6.07, 6.45) is 20.2. The van der Waals surface area contributed by atoms with Crippen molar-refractivity contribution in [3.8, 4) is 0 Å². The normalized spacial score (nSPS) is 31.6. The van der Waals surface area contributed by atoms with Crippen molar-refractivity contribution in [3.63, 3.8) is 0 Å². The number of aliphatic hydroxyl groups is 1. The fraction of sp³-hybridized carbons (Fsp3) is 0.757. The van der Waals surface area contributed by atoms with E-state index in [9.17, 15) is 14.7 Å². The van der Waals surface area contributed by atoms with Gasteiger partial charge in [-0.15, -0.1) is 0 Å². The van der Waals surface area contributed by atoms with Gasteiger partial charge >= 0.3 is 12.1 Å². The highest BCUT2D eigenvalue weighted by atomic mass is 16.6. The maximum atomic E-state index is 12.9. The Balaban J connectivity index is 1.30. The summed E-state index contributed by atoms with van der Waals surface area (Å²) in [7, 11) is 3.07. The van der Waals surface area contributed by atoms with Gasteiger partial charge in [-0.2, -0.15) is 0 Å². The lowest BCUT2D eigenvalue weighted by atomic mass is 9.91. The first-order valence-electron chi connectivity index (χ1n) is 18.1. The highest BCUT2D eigenvalue weighted by Gasteiger charge is 2.36. The van der Waals surface area contributed by atoms with Crippen LogP contribution >= 0.6 is 0 Å². The van der Waals surface area contributed by atoms with Gasteiger partial charge in [-0.25, -0.2) is 9.59 Å². The number of unbranched alkanes of at least 4 members (excludes halogenated alkanes) is 2. The Kier molecular flexibility index (Phi) is 16.6. The standard InChI is InChI=1S/C37H58N2O9/c1-4-5-6-13-30-20-28-14-9-15-29(45-28)21-31(43-2)22-32-23-33(24-34(46-32)25-36(41)47-30)48-35(40)16-8-7-11-26-17-18-27(39-26)12-10-19-38-37(42)44-3/h8,10,12,16-17,28-34,36,41H,4-7,9,11,13-15,18-25H2,1-3H3,(H,38,42)/b12-10-,16-8-/t28-,29?,30-,31+,32?,33+,34-,36?/m0/s1. The number of carbonyl (C=O) groups excluding carboxylic acids is 2. The predicted molar refractivity (Wildman–Crippen MR) is 183 cm³/mol. The van der Waals surface area contributed by atoms with E-state index in [-0.39, 0.29) is 48.7 Å². The van der Waals surface area contributed by atoms with Gasteiger partial charge in [0.1, 0.15) is 6.10 Å². The first-order valence-corrected chi connectivity index (χ1v) is 18.1. The largest absolute Gasteiger partial charge is 0.459 e. The molecule has 4 rings (SSSR count). The van der Waals surface area contributed by atoms with Crippen LogP contribution in [0.1, 0.15) is 110 Å². The SMILES string of the molecule is CCCCC[C@H]1C[C@@H]2CCCC(C[C@@H](OC)CC3C[C@@H](OC(=O)/C=C\CCC4=CCC(/C=C\CNC(=O)OC)=N4)C[C@@H](CC(O)O1)O3)O2. The molecule has 0 aliphatic carbocycles. The number of esters is 1. The molecule has 0 saturated carbocycles. The Hall–Kier alpha value is -2.57. The van der Waals surface area contributed by atoms with Gasteiger partial charge in [0.25, 0.3) is 0 Å². The Morgan fingerprint density at radius 1 is 0.958 bits per heavy atom. The third-order valence-electron chi connectivity index (χ3n) is 9.53. The van der Waals surface area contributed by atoms with Gasteiger partial charge in [-0.3, -0.25) is 4.99 Å². The number of allylic oxidation sites excluding steroid dienone is 4. The number of carbonyl (C=O) groups is 2. The molecule has 11 heteroatoms. The van der Waals surface area contributed by atoms with Crippen molar-refractivity contribution in [1.82, 2.24) is 5.32 Å².